The van der Waals surface area contributed by atoms with Crippen molar-refractivity contribution in [3.05, 3.63) is 22.4 Å². The van der Waals surface area contributed by atoms with Gasteiger partial charge in [-0.05, 0) is 50.0 Å². The van der Waals surface area contributed by atoms with Gasteiger partial charge in [0.15, 0.2) is 6.10 Å². The van der Waals surface area contributed by atoms with Crippen LogP contribution in [0, 0.1) is 11.8 Å². The summed E-state index contributed by atoms with van der Waals surface area (Å²) in [5.74, 6) is -0.307. The molecule has 2 fully saturated rings. The van der Waals surface area contributed by atoms with E-state index >= 15 is 0 Å². The van der Waals surface area contributed by atoms with Crippen molar-refractivity contribution in [2.45, 2.75) is 64.5 Å². The molecule has 6 nitrogen and oxygen atoms in total. The highest BCUT2D eigenvalue weighted by Crippen LogP contribution is 2.24. The van der Waals surface area contributed by atoms with Gasteiger partial charge in [0.25, 0.3) is 11.8 Å². The average molecular weight is 407 g/mol. The van der Waals surface area contributed by atoms with Crippen molar-refractivity contribution < 1.29 is 19.1 Å². The van der Waals surface area contributed by atoms with Gasteiger partial charge in [-0.1, -0.05) is 25.8 Å². The van der Waals surface area contributed by atoms with Crippen molar-refractivity contribution in [2.75, 3.05) is 13.1 Å². The number of carbonyl (C=O) groups is 3. The van der Waals surface area contributed by atoms with Crippen LogP contribution in [0.1, 0.15) is 62.0 Å². The van der Waals surface area contributed by atoms with Crippen LogP contribution in [0.4, 0.5) is 0 Å². The smallest absolute Gasteiger partial charge is 0.309 e. The molecule has 0 aromatic carbocycles. The van der Waals surface area contributed by atoms with Gasteiger partial charge < -0.3 is 15.0 Å². The quantitative estimate of drug-likeness (QED) is 0.762. The maximum absolute atomic E-state index is 12.5. The molecule has 2 heterocycles. The zero-order valence-electron chi connectivity index (χ0n) is 16.7. The lowest BCUT2D eigenvalue weighted by atomic mass is 9.86. The van der Waals surface area contributed by atoms with E-state index in [2.05, 4.69) is 12.2 Å². The highest BCUT2D eigenvalue weighted by molar-refractivity contribution is 7.12. The predicted octanol–water partition coefficient (Wildman–Crippen LogP) is 3.23. The Kier molecular flexibility index (Phi) is 7.10. The van der Waals surface area contributed by atoms with E-state index in [1.807, 2.05) is 17.5 Å². The highest BCUT2D eigenvalue weighted by atomic mass is 32.1. The summed E-state index contributed by atoms with van der Waals surface area (Å²) in [6.45, 7) is 4.87. The third-order valence-corrected chi connectivity index (χ3v) is 6.81. The van der Waals surface area contributed by atoms with Gasteiger partial charge in [-0.3, -0.25) is 14.4 Å². The Morgan fingerprint density at radius 2 is 1.89 bits per heavy atom. The Morgan fingerprint density at radius 1 is 1.18 bits per heavy atom. The predicted molar refractivity (Wildman–Crippen MR) is 108 cm³/mol. The SMILES string of the molecule is C[C@@H]1CCCC[C@H]1NC(=O)[C@@H](C)OC(=O)C1CCN(C(=O)c2cccs2)CC1. The van der Waals surface area contributed by atoms with Crippen molar-refractivity contribution in [1.82, 2.24) is 10.2 Å². The van der Waals surface area contributed by atoms with Crippen LogP contribution in [-0.2, 0) is 14.3 Å². The molecule has 0 radical (unpaired) electrons. The number of hydrogen-bond acceptors (Lipinski definition) is 5. The first-order valence-electron chi connectivity index (χ1n) is 10.3. The van der Waals surface area contributed by atoms with E-state index in [1.54, 1.807) is 11.8 Å². The lowest BCUT2D eigenvalue weighted by Gasteiger charge is -2.32. The van der Waals surface area contributed by atoms with E-state index in [1.165, 1.54) is 17.8 Å². The van der Waals surface area contributed by atoms with Gasteiger partial charge in [0.05, 0.1) is 10.8 Å². The second-order valence-electron chi connectivity index (χ2n) is 8.00. The number of rotatable bonds is 5. The molecule has 1 saturated heterocycles. The number of likely N-dealkylation sites (tertiary alicyclic amines) is 1. The van der Waals surface area contributed by atoms with Crippen LogP contribution in [-0.4, -0.2) is 47.9 Å². The van der Waals surface area contributed by atoms with Crippen LogP contribution < -0.4 is 5.32 Å². The number of nitrogens with one attached hydrogen (secondary N) is 1. The third-order valence-electron chi connectivity index (χ3n) is 5.95. The number of ether oxygens (including phenoxy) is 1. The molecule has 0 unspecified atom stereocenters. The van der Waals surface area contributed by atoms with Crippen LogP contribution in [0.2, 0.25) is 0 Å². The summed E-state index contributed by atoms with van der Waals surface area (Å²) in [6, 6.07) is 3.86. The van der Waals surface area contributed by atoms with Crippen LogP contribution >= 0.6 is 11.3 Å². The lowest BCUT2D eigenvalue weighted by Crippen LogP contribution is -2.47. The Bertz CT molecular complexity index is 683. The molecule has 2 aliphatic rings. The molecule has 1 N–H and O–H groups in total. The van der Waals surface area contributed by atoms with Crippen LogP contribution in [0.3, 0.4) is 0 Å². The molecule has 3 rings (SSSR count). The number of nitrogens with zero attached hydrogens (tertiary/aromatic N) is 1. The van der Waals surface area contributed by atoms with Crippen molar-refractivity contribution in [3.63, 3.8) is 0 Å². The zero-order chi connectivity index (χ0) is 20.1. The molecule has 154 valence electrons. The van der Waals surface area contributed by atoms with Crippen LogP contribution in [0.5, 0.6) is 0 Å². The summed E-state index contributed by atoms with van der Waals surface area (Å²) in [4.78, 5) is 39.8. The van der Waals surface area contributed by atoms with Crippen molar-refractivity contribution in [3.8, 4) is 0 Å². The molecule has 1 aromatic heterocycles. The second-order valence-corrected chi connectivity index (χ2v) is 8.95. The highest BCUT2D eigenvalue weighted by Gasteiger charge is 2.32. The second kappa shape index (κ2) is 9.54. The van der Waals surface area contributed by atoms with Gasteiger partial charge >= 0.3 is 5.97 Å². The first-order valence-corrected chi connectivity index (χ1v) is 11.2. The number of amides is 2. The minimum absolute atomic E-state index is 0.0242. The molecular formula is C21H30N2O4S. The first-order chi connectivity index (χ1) is 13.5. The van der Waals surface area contributed by atoms with Gasteiger partial charge in [-0.25, -0.2) is 0 Å². The number of hydrogen-bond donors (Lipinski definition) is 1. The summed E-state index contributed by atoms with van der Waals surface area (Å²) < 4.78 is 5.44. The molecule has 1 aromatic rings. The number of thiophene rings is 1. The van der Waals surface area contributed by atoms with Crippen molar-refractivity contribution in [1.29, 1.82) is 0 Å². The molecule has 3 atom stereocenters. The molecular weight excluding hydrogens is 376 g/mol. The number of carbonyl (C=O) groups excluding carboxylic acids is 3. The van der Waals surface area contributed by atoms with E-state index in [9.17, 15) is 14.4 Å². The van der Waals surface area contributed by atoms with E-state index < -0.39 is 6.10 Å². The first kappa shape index (κ1) is 20.8. The van der Waals surface area contributed by atoms with E-state index in [0.717, 1.165) is 24.1 Å². The van der Waals surface area contributed by atoms with E-state index in [0.29, 0.717) is 31.8 Å². The molecule has 0 spiro atoms. The fraction of sp³-hybridized carbons (Fsp3) is 0.667. The normalized spacial score (nSPS) is 24.4. The molecule has 1 aliphatic carbocycles. The summed E-state index contributed by atoms with van der Waals surface area (Å²) in [7, 11) is 0. The fourth-order valence-corrected chi connectivity index (χ4v) is 4.72. The summed E-state index contributed by atoms with van der Waals surface area (Å²) in [6.07, 6.45) is 4.82. The van der Waals surface area contributed by atoms with Gasteiger partial charge in [0, 0.05) is 19.1 Å². The molecule has 7 heteroatoms. The van der Waals surface area contributed by atoms with E-state index in [-0.39, 0.29) is 29.7 Å². The molecule has 1 aliphatic heterocycles. The summed E-state index contributed by atoms with van der Waals surface area (Å²) in [5.41, 5.74) is 0. The summed E-state index contributed by atoms with van der Waals surface area (Å²) in [5, 5.41) is 4.93. The number of piperidine rings is 1. The average Bonchev–Trinajstić information content (AvgIpc) is 3.24. The monoisotopic (exact) mass is 406 g/mol. The Labute approximate surface area is 170 Å². The van der Waals surface area contributed by atoms with Crippen molar-refractivity contribution >= 4 is 29.1 Å². The Hall–Kier alpha value is -1.89. The molecule has 2 amide bonds. The van der Waals surface area contributed by atoms with E-state index in [4.69, 9.17) is 4.74 Å². The zero-order valence-corrected chi connectivity index (χ0v) is 17.5. The van der Waals surface area contributed by atoms with Gasteiger partial charge in [-0.2, -0.15) is 0 Å². The standard InChI is InChI=1S/C21H30N2O4S/c1-14-6-3-4-7-17(14)22-19(24)15(2)27-21(26)16-9-11-23(12-10-16)20(25)18-8-5-13-28-18/h5,8,13-17H,3-4,6-7,9-12H2,1-2H3,(H,22,24)/t14-,15-,17-/m1/s1. The fourth-order valence-electron chi connectivity index (χ4n) is 4.03. The van der Waals surface area contributed by atoms with Crippen molar-refractivity contribution in [2.24, 2.45) is 11.8 Å². The van der Waals surface area contributed by atoms with Gasteiger partial charge in [0.1, 0.15) is 0 Å². The molecule has 1 saturated carbocycles. The minimum Gasteiger partial charge on any atom is -0.452 e. The maximum atomic E-state index is 12.5. The Morgan fingerprint density at radius 3 is 2.54 bits per heavy atom. The summed E-state index contributed by atoms with van der Waals surface area (Å²) >= 11 is 1.43. The van der Waals surface area contributed by atoms with Gasteiger partial charge in [0.2, 0.25) is 0 Å². The topological polar surface area (TPSA) is 75.7 Å². The van der Waals surface area contributed by atoms with Crippen LogP contribution in [0.15, 0.2) is 17.5 Å². The van der Waals surface area contributed by atoms with Gasteiger partial charge in [-0.15, -0.1) is 11.3 Å². The largest absolute Gasteiger partial charge is 0.452 e. The Balaban J connectivity index is 1.43. The van der Waals surface area contributed by atoms with Crippen LogP contribution in [0.25, 0.3) is 0 Å². The molecule has 28 heavy (non-hydrogen) atoms. The number of esters is 1. The lowest BCUT2D eigenvalue weighted by molar-refractivity contribution is -0.160. The minimum atomic E-state index is -0.785. The third kappa shape index (κ3) is 5.13. The maximum Gasteiger partial charge on any atom is 0.309 e. The molecule has 0 bridgehead atoms.